The van der Waals surface area contributed by atoms with E-state index in [1.165, 1.54) is 30.3 Å². The molecule has 23 heavy (non-hydrogen) atoms. The minimum absolute atomic E-state index is 0.0242. The molecule has 0 atom stereocenters. The van der Waals surface area contributed by atoms with Gasteiger partial charge in [0.15, 0.2) is 0 Å². The van der Waals surface area contributed by atoms with Crippen LogP contribution in [-0.4, -0.2) is 20.9 Å². The summed E-state index contributed by atoms with van der Waals surface area (Å²) in [5, 5.41) is 2.65. The van der Waals surface area contributed by atoms with Crippen LogP contribution in [-0.2, 0) is 16.4 Å². The predicted octanol–water partition coefficient (Wildman–Crippen LogP) is 2.57. The van der Waals surface area contributed by atoms with Gasteiger partial charge in [0.1, 0.15) is 10.7 Å². The molecular formula is C15H12ClFN2O3S. The van der Waals surface area contributed by atoms with Gasteiger partial charge >= 0.3 is 0 Å². The summed E-state index contributed by atoms with van der Waals surface area (Å²) in [5.74, 6) is -1.10. The molecule has 2 aromatic carbocycles. The second kappa shape index (κ2) is 5.82. The number of carbonyl (C=O) groups excluding carboxylic acids is 1. The normalized spacial score (nSPS) is 14.1. The second-order valence-electron chi connectivity index (χ2n) is 5.03. The Kier molecular flexibility index (Phi) is 3.99. The molecule has 1 heterocycles. The van der Waals surface area contributed by atoms with E-state index in [9.17, 15) is 17.6 Å². The summed E-state index contributed by atoms with van der Waals surface area (Å²) in [6, 6.07) is 8.22. The molecule has 0 bridgehead atoms. The van der Waals surface area contributed by atoms with Crippen molar-refractivity contribution in [2.45, 2.75) is 11.3 Å². The maximum absolute atomic E-state index is 14.2. The molecule has 0 radical (unpaired) electrons. The van der Waals surface area contributed by atoms with E-state index >= 15 is 0 Å². The Morgan fingerprint density at radius 1 is 1.22 bits per heavy atom. The number of hydrogen-bond acceptors (Lipinski definition) is 3. The van der Waals surface area contributed by atoms with Crippen LogP contribution in [0, 0.1) is 5.82 Å². The molecule has 0 aliphatic carbocycles. The number of sulfonamides is 1. The van der Waals surface area contributed by atoms with Gasteiger partial charge in [-0.1, -0.05) is 23.7 Å². The maximum atomic E-state index is 14.2. The quantitative estimate of drug-likeness (QED) is 0.889. The van der Waals surface area contributed by atoms with Crippen molar-refractivity contribution in [1.82, 2.24) is 5.32 Å². The molecule has 2 aromatic rings. The second-order valence-corrected chi connectivity index (χ2v) is 7.09. The molecule has 0 saturated carbocycles. The fourth-order valence-corrected chi connectivity index (χ4v) is 3.96. The fraction of sp³-hybridized carbons (Fsp3) is 0.133. The van der Waals surface area contributed by atoms with Gasteiger partial charge in [-0.25, -0.2) is 12.8 Å². The zero-order chi connectivity index (χ0) is 16.6. The van der Waals surface area contributed by atoms with Crippen LogP contribution in [0.15, 0.2) is 41.3 Å². The number of amides is 1. The van der Waals surface area contributed by atoms with Crippen LogP contribution >= 0.6 is 11.6 Å². The van der Waals surface area contributed by atoms with Crippen molar-refractivity contribution >= 4 is 33.2 Å². The van der Waals surface area contributed by atoms with Crippen LogP contribution in [0.4, 0.5) is 10.1 Å². The van der Waals surface area contributed by atoms with Crippen molar-refractivity contribution in [2.24, 2.45) is 0 Å². The topological polar surface area (TPSA) is 75.3 Å². The van der Waals surface area contributed by atoms with Crippen molar-refractivity contribution in [3.8, 4) is 0 Å². The van der Waals surface area contributed by atoms with Crippen LogP contribution in [0.3, 0.4) is 0 Å². The molecule has 2 N–H and O–H groups in total. The Morgan fingerprint density at radius 3 is 2.70 bits per heavy atom. The molecule has 0 unspecified atom stereocenters. The molecule has 1 amide bonds. The maximum Gasteiger partial charge on any atom is 0.263 e. The molecule has 0 saturated heterocycles. The lowest BCUT2D eigenvalue weighted by Gasteiger charge is -2.18. The van der Waals surface area contributed by atoms with Gasteiger partial charge in [-0.2, -0.15) is 0 Å². The minimum Gasteiger partial charge on any atom is -0.352 e. The summed E-state index contributed by atoms with van der Waals surface area (Å²) < 4.78 is 41.0. The molecule has 0 fully saturated rings. The van der Waals surface area contributed by atoms with Crippen molar-refractivity contribution in [1.29, 1.82) is 0 Å². The average molecular weight is 355 g/mol. The fourth-order valence-electron chi connectivity index (χ4n) is 2.38. The number of anilines is 1. The first-order chi connectivity index (χ1) is 10.9. The smallest absolute Gasteiger partial charge is 0.263 e. The monoisotopic (exact) mass is 354 g/mol. The summed E-state index contributed by atoms with van der Waals surface area (Å²) in [4.78, 5) is 11.6. The van der Waals surface area contributed by atoms with E-state index in [1.807, 2.05) is 0 Å². The molecule has 5 nitrogen and oxygen atoms in total. The molecule has 120 valence electrons. The Labute approximate surface area is 137 Å². The first-order valence-corrected chi connectivity index (χ1v) is 8.62. The number of halogens is 2. The highest BCUT2D eigenvalue weighted by Crippen LogP contribution is 2.27. The van der Waals surface area contributed by atoms with Crippen molar-refractivity contribution in [3.05, 3.63) is 58.4 Å². The van der Waals surface area contributed by atoms with Crippen LogP contribution in [0.2, 0.25) is 5.02 Å². The largest absolute Gasteiger partial charge is 0.352 e. The Hall–Kier alpha value is -2.12. The van der Waals surface area contributed by atoms with E-state index in [2.05, 4.69) is 10.0 Å². The van der Waals surface area contributed by atoms with Crippen LogP contribution in [0.5, 0.6) is 0 Å². The highest BCUT2D eigenvalue weighted by molar-refractivity contribution is 7.92. The van der Waals surface area contributed by atoms with Crippen LogP contribution in [0.1, 0.15) is 15.9 Å². The zero-order valence-corrected chi connectivity index (χ0v) is 13.3. The van der Waals surface area contributed by atoms with Crippen molar-refractivity contribution in [3.63, 3.8) is 0 Å². The number of hydrogen-bond donors (Lipinski definition) is 2. The third-order valence-corrected chi connectivity index (χ3v) is 5.35. The lowest BCUT2D eigenvalue weighted by atomic mass is 9.99. The van der Waals surface area contributed by atoms with Gasteiger partial charge in [-0.05, 0) is 36.2 Å². The number of rotatable bonds is 3. The Morgan fingerprint density at radius 2 is 1.96 bits per heavy atom. The number of benzene rings is 2. The van der Waals surface area contributed by atoms with Gasteiger partial charge in [0.25, 0.3) is 15.9 Å². The molecule has 3 rings (SSSR count). The first-order valence-electron chi connectivity index (χ1n) is 6.76. The van der Waals surface area contributed by atoms with Gasteiger partial charge in [0.2, 0.25) is 0 Å². The Balaban J connectivity index is 2.02. The van der Waals surface area contributed by atoms with Crippen molar-refractivity contribution < 1.29 is 17.6 Å². The van der Waals surface area contributed by atoms with E-state index in [1.54, 1.807) is 6.07 Å². The lowest BCUT2D eigenvalue weighted by molar-refractivity contribution is 0.0946. The van der Waals surface area contributed by atoms with E-state index in [0.717, 1.165) is 0 Å². The van der Waals surface area contributed by atoms with Gasteiger partial charge in [0.05, 0.1) is 10.7 Å². The lowest BCUT2D eigenvalue weighted by Crippen LogP contribution is -2.32. The Bertz CT molecular complexity index is 900. The third kappa shape index (κ3) is 3.02. The van der Waals surface area contributed by atoms with E-state index in [0.29, 0.717) is 18.5 Å². The number of fused-ring (bicyclic) bond motifs is 1. The molecular weight excluding hydrogens is 343 g/mol. The SMILES string of the molecule is O=C1NCCc2cc(F)c(NS(=O)(=O)c3ccccc3Cl)cc21. The van der Waals surface area contributed by atoms with Crippen LogP contribution in [0.25, 0.3) is 0 Å². The van der Waals surface area contributed by atoms with Gasteiger partial charge < -0.3 is 5.32 Å². The van der Waals surface area contributed by atoms with Crippen LogP contribution < -0.4 is 10.0 Å². The molecule has 0 spiro atoms. The highest BCUT2D eigenvalue weighted by Gasteiger charge is 2.23. The summed E-state index contributed by atoms with van der Waals surface area (Å²) in [5.41, 5.74) is 0.516. The average Bonchev–Trinajstić information content (AvgIpc) is 2.49. The summed E-state index contributed by atoms with van der Waals surface area (Å²) in [7, 11) is -4.06. The zero-order valence-electron chi connectivity index (χ0n) is 11.8. The minimum atomic E-state index is -4.06. The summed E-state index contributed by atoms with van der Waals surface area (Å²) in [6.07, 6.45) is 0.496. The van der Waals surface area contributed by atoms with Gasteiger partial charge in [-0.3, -0.25) is 9.52 Å². The summed E-state index contributed by atoms with van der Waals surface area (Å²) in [6.45, 7) is 0.427. The molecule has 1 aliphatic rings. The highest BCUT2D eigenvalue weighted by atomic mass is 35.5. The molecule has 8 heteroatoms. The number of carbonyl (C=O) groups is 1. The number of nitrogens with one attached hydrogen (secondary N) is 2. The van der Waals surface area contributed by atoms with Gasteiger partial charge in [-0.15, -0.1) is 0 Å². The third-order valence-electron chi connectivity index (χ3n) is 3.49. The summed E-state index contributed by atoms with van der Waals surface area (Å²) >= 11 is 5.88. The standard InChI is InChI=1S/C15H12ClFN2O3S/c16-11-3-1-2-4-14(11)23(21,22)19-13-8-10-9(7-12(13)17)5-6-18-15(10)20/h1-4,7-8,19H,5-6H2,(H,18,20). The van der Waals surface area contributed by atoms with E-state index in [-0.39, 0.29) is 27.1 Å². The van der Waals surface area contributed by atoms with E-state index < -0.39 is 15.8 Å². The first kappa shape index (κ1) is 15.8. The van der Waals surface area contributed by atoms with Gasteiger partial charge in [0, 0.05) is 12.1 Å². The molecule has 1 aliphatic heterocycles. The molecule has 0 aromatic heterocycles. The van der Waals surface area contributed by atoms with Crippen molar-refractivity contribution in [2.75, 3.05) is 11.3 Å². The van der Waals surface area contributed by atoms with E-state index in [4.69, 9.17) is 11.6 Å². The predicted molar refractivity (Wildman–Crippen MR) is 84.7 cm³/mol.